The lowest BCUT2D eigenvalue weighted by atomic mass is 9.85. The van der Waals surface area contributed by atoms with Gasteiger partial charge in [-0.25, -0.2) is 0 Å². The van der Waals surface area contributed by atoms with Crippen LogP contribution in [-0.4, -0.2) is 43.5 Å². The summed E-state index contributed by atoms with van der Waals surface area (Å²) in [6.45, 7) is 3.54. The quantitative estimate of drug-likeness (QED) is 0.584. The molecule has 2 amide bonds. The Morgan fingerprint density at radius 1 is 1.00 bits per heavy atom. The number of carbonyl (C=O) groups excluding carboxylic acids is 2. The number of rotatable bonds is 7. The van der Waals surface area contributed by atoms with Crippen LogP contribution in [0.15, 0.2) is 72.8 Å². The maximum Gasteiger partial charge on any atom is 0.243 e. The Morgan fingerprint density at radius 3 is 2.55 bits per heavy atom. The molecule has 0 fully saturated rings. The molecule has 3 aromatic carbocycles. The topological polar surface area (TPSA) is 70.7 Å². The Hall–Kier alpha value is -3.64. The average molecular weight is 444 g/mol. The van der Waals surface area contributed by atoms with Gasteiger partial charge < -0.3 is 15.4 Å². The molecule has 1 unspecified atom stereocenters. The van der Waals surface area contributed by atoms with E-state index in [1.807, 2.05) is 43.3 Å². The van der Waals surface area contributed by atoms with Crippen molar-refractivity contribution in [3.05, 3.63) is 95.1 Å². The molecular formula is C27H29N3O3. The Morgan fingerprint density at radius 2 is 1.76 bits per heavy atom. The van der Waals surface area contributed by atoms with Crippen molar-refractivity contribution >= 4 is 17.5 Å². The van der Waals surface area contributed by atoms with Gasteiger partial charge in [-0.15, -0.1) is 0 Å². The van der Waals surface area contributed by atoms with Gasteiger partial charge in [-0.3, -0.25) is 14.5 Å². The van der Waals surface area contributed by atoms with Crippen molar-refractivity contribution in [2.24, 2.45) is 0 Å². The van der Waals surface area contributed by atoms with Crippen molar-refractivity contribution < 1.29 is 14.3 Å². The highest BCUT2D eigenvalue weighted by molar-refractivity contribution is 5.96. The van der Waals surface area contributed by atoms with Crippen LogP contribution in [-0.2, 0) is 16.1 Å². The number of benzene rings is 3. The summed E-state index contributed by atoms with van der Waals surface area (Å²) in [5.74, 6) is 0.325. The molecule has 0 saturated carbocycles. The smallest absolute Gasteiger partial charge is 0.243 e. The highest BCUT2D eigenvalue weighted by Crippen LogP contribution is 2.33. The summed E-state index contributed by atoms with van der Waals surface area (Å²) in [6.07, 6.45) is 0. The van der Waals surface area contributed by atoms with Crippen LogP contribution in [0.5, 0.6) is 5.75 Å². The number of ether oxygens (including phenoxy) is 1. The molecule has 1 aliphatic rings. The lowest BCUT2D eigenvalue weighted by Crippen LogP contribution is -2.43. The molecule has 0 aromatic heterocycles. The molecule has 0 radical (unpaired) electrons. The fourth-order valence-electron chi connectivity index (χ4n) is 4.32. The van der Waals surface area contributed by atoms with Gasteiger partial charge >= 0.3 is 0 Å². The van der Waals surface area contributed by atoms with E-state index in [1.54, 1.807) is 13.2 Å². The van der Waals surface area contributed by atoms with Gasteiger partial charge in [0.05, 0.1) is 25.9 Å². The van der Waals surface area contributed by atoms with Crippen LogP contribution in [0, 0.1) is 6.92 Å². The molecule has 33 heavy (non-hydrogen) atoms. The second-order valence-corrected chi connectivity index (χ2v) is 8.36. The number of methoxy groups -OCH3 is 1. The van der Waals surface area contributed by atoms with Crippen molar-refractivity contribution in [2.75, 3.05) is 32.1 Å². The SMILES string of the molecule is COc1ccc(C)cc1NC(=O)CNC(=O)CN1Cc2ccccc2C(c2ccccc2)C1. The monoisotopic (exact) mass is 443 g/mol. The number of fused-ring (bicyclic) bond motifs is 1. The summed E-state index contributed by atoms with van der Waals surface area (Å²) in [4.78, 5) is 27.2. The largest absolute Gasteiger partial charge is 0.495 e. The van der Waals surface area contributed by atoms with E-state index in [0.717, 1.165) is 12.1 Å². The predicted octanol–water partition coefficient (Wildman–Crippen LogP) is 3.71. The van der Waals surface area contributed by atoms with Crippen LogP contribution >= 0.6 is 0 Å². The van der Waals surface area contributed by atoms with Gasteiger partial charge in [0.2, 0.25) is 11.8 Å². The minimum Gasteiger partial charge on any atom is -0.495 e. The van der Waals surface area contributed by atoms with Gasteiger partial charge in [-0.1, -0.05) is 60.7 Å². The Kier molecular flexibility index (Phi) is 7.05. The number of amides is 2. The van der Waals surface area contributed by atoms with E-state index >= 15 is 0 Å². The summed E-state index contributed by atoms with van der Waals surface area (Å²) in [6, 6.07) is 24.3. The van der Waals surface area contributed by atoms with Crippen LogP contribution in [0.25, 0.3) is 0 Å². The predicted molar refractivity (Wildman–Crippen MR) is 129 cm³/mol. The van der Waals surface area contributed by atoms with Gasteiger partial charge in [0.15, 0.2) is 0 Å². The number of aryl methyl sites for hydroxylation is 1. The van der Waals surface area contributed by atoms with E-state index in [0.29, 0.717) is 18.0 Å². The van der Waals surface area contributed by atoms with Crippen LogP contribution in [0.2, 0.25) is 0 Å². The molecular weight excluding hydrogens is 414 g/mol. The minimum absolute atomic E-state index is 0.0948. The van der Waals surface area contributed by atoms with E-state index in [1.165, 1.54) is 16.7 Å². The maximum absolute atomic E-state index is 12.6. The zero-order chi connectivity index (χ0) is 23.2. The summed E-state index contributed by atoms with van der Waals surface area (Å²) in [7, 11) is 1.56. The Labute approximate surface area is 194 Å². The molecule has 6 heteroatoms. The highest BCUT2D eigenvalue weighted by atomic mass is 16.5. The molecule has 1 heterocycles. The number of hydrogen-bond acceptors (Lipinski definition) is 4. The molecule has 0 aliphatic carbocycles. The van der Waals surface area contributed by atoms with E-state index in [4.69, 9.17) is 4.74 Å². The third kappa shape index (κ3) is 5.59. The van der Waals surface area contributed by atoms with E-state index < -0.39 is 0 Å². The normalized spacial score (nSPS) is 15.4. The Bertz CT molecular complexity index is 1130. The fourth-order valence-corrected chi connectivity index (χ4v) is 4.32. The zero-order valence-corrected chi connectivity index (χ0v) is 19.0. The molecule has 4 rings (SSSR count). The van der Waals surface area contributed by atoms with Gasteiger partial charge in [0.25, 0.3) is 0 Å². The summed E-state index contributed by atoms with van der Waals surface area (Å²) >= 11 is 0. The second-order valence-electron chi connectivity index (χ2n) is 8.36. The lowest BCUT2D eigenvalue weighted by molar-refractivity contribution is -0.125. The third-order valence-electron chi connectivity index (χ3n) is 5.91. The van der Waals surface area contributed by atoms with Crippen molar-refractivity contribution in [1.29, 1.82) is 0 Å². The van der Waals surface area contributed by atoms with Gasteiger partial charge in [-0.2, -0.15) is 0 Å². The van der Waals surface area contributed by atoms with Crippen LogP contribution in [0.3, 0.4) is 0 Å². The van der Waals surface area contributed by atoms with Crippen molar-refractivity contribution in [2.45, 2.75) is 19.4 Å². The first-order valence-corrected chi connectivity index (χ1v) is 11.1. The number of hydrogen-bond donors (Lipinski definition) is 2. The molecule has 6 nitrogen and oxygen atoms in total. The molecule has 3 aromatic rings. The molecule has 0 spiro atoms. The van der Waals surface area contributed by atoms with E-state index in [-0.39, 0.29) is 30.8 Å². The second kappa shape index (κ2) is 10.3. The maximum atomic E-state index is 12.6. The molecule has 1 aliphatic heterocycles. The van der Waals surface area contributed by atoms with Crippen molar-refractivity contribution in [3.8, 4) is 5.75 Å². The first-order chi connectivity index (χ1) is 16.0. The molecule has 0 bridgehead atoms. The standard InChI is InChI=1S/C27H29N3O3/c1-19-12-13-25(33-2)24(14-19)29-26(31)15-28-27(32)18-30-16-21-10-6-7-11-22(21)23(17-30)20-8-4-3-5-9-20/h3-14,23H,15-18H2,1-2H3,(H,28,32)(H,29,31). The Balaban J connectivity index is 1.36. The molecule has 1 atom stereocenters. The summed E-state index contributed by atoms with van der Waals surface area (Å²) in [5.41, 5.74) is 5.38. The van der Waals surface area contributed by atoms with Gasteiger partial charge in [0, 0.05) is 19.0 Å². The van der Waals surface area contributed by atoms with Gasteiger partial charge in [0.1, 0.15) is 5.75 Å². The highest BCUT2D eigenvalue weighted by Gasteiger charge is 2.27. The first kappa shape index (κ1) is 22.6. The number of anilines is 1. The van der Waals surface area contributed by atoms with Crippen molar-refractivity contribution in [3.63, 3.8) is 0 Å². The fraction of sp³-hybridized carbons (Fsp3) is 0.259. The third-order valence-corrected chi connectivity index (χ3v) is 5.91. The van der Waals surface area contributed by atoms with Gasteiger partial charge in [-0.05, 0) is 41.3 Å². The van der Waals surface area contributed by atoms with Crippen LogP contribution < -0.4 is 15.4 Å². The average Bonchev–Trinajstić information content (AvgIpc) is 2.83. The summed E-state index contributed by atoms with van der Waals surface area (Å²) < 4.78 is 5.29. The number of nitrogens with one attached hydrogen (secondary N) is 2. The molecule has 170 valence electrons. The minimum atomic E-state index is -0.293. The molecule has 2 N–H and O–H groups in total. The number of carbonyl (C=O) groups is 2. The van der Waals surface area contributed by atoms with Crippen LogP contribution in [0.1, 0.15) is 28.2 Å². The summed E-state index contributed by atoms with van der Waals surface area (Å²) in [5, 5.41) is 5.56. The van der Waals surface area contributed by atoms with E-state index in [2.05, 4.69) is 45.9 Å². The van der Waals surface area contributed by atoms with Crippen molar-refractivity contribution in [1.82, 2.24) is 10.2 Å². The van der Waals surface area contributed by atoms with Crippen LogP contribution in [0.4, 0.5) is 5.69 Å². The zero-order valence-electron chi connectivity index (χ0n) is 19.0. The lowest BCUT2D eigenvalue weighted by Gasteiger charge is -2.34. The first-order valence-electron chi connectivity index (χ1n) is 11.1. The van der Waals surface area contributed by atoms with E-state index in [9.17, 15) is 9.59 Å². The molecule has 0 saturated heterocycles. The number of nitrogens with zero attached hydrogens (tertiary/aromatic N) is 1.